The number of carbonyl (C=O) groups excluding carboxylic acids is 2. The first-order chi connectivity index (χ1) is 30.6. The third-order valence-corrected chi connectivity index (χ3v) is 11.0. The first kappa shape index (κ1) is 39.2. The molecular formula is C52H42N8O2. The van der Waals surface area contributed by atoms with Crippen LogP contribution < -0.4 is 10.6 Å². The standard InChI is InChI=1S/C52H42N8O2/c61-51(41-28-15-5-16-29-41)53-49(39-24-11-3-12-25-39)47(37-20-7-1-8-21-37)45-35-59(57-55-45)43-32-19-33-44(34-43)60-36-46(56-58-60)48(38-22-9-2-10-23-38)50(40-26-13-4-14-27-40)54-52(62)42-30-17-6-18-31-42/h1-36,47-50H,(H,53,61)(H,54,62)/t47-,48-,49-,50-/m1/s1. The van der Waals surface area contributed by atoms with Gasteiger partial charge in [0.05, 0.1) is 59.1 Å². The Morgan fingerprint density at radius 2 is 0.710 bits per heavy atom. The van der Waals surface area contributed by atoms with Crippen LogP contribution in [-0.2, 0) is 0 Å². The van der Waals surface area contributed by atoms with Crippen molar-refractivity contribution < 1.29 is 9.59 Å². The maximum absolute atomic E-state index is 13.7. The molecule has 9 aromatic rings. The molecule has 2 N–H and O–H groups in total. The van der Waals surface area contributed by atoms with E-state index in [2.05, 4.69) is 45.3 Å². The highest BCUT2D eigenvalue weighted by Gasteiger charge is 2.32. The first-order valence-electron chi connectivity index (χ1n) is 20.5. The average molecular weight is 811 g/mol. The average Bonchev–Trinajstić information content (AvgIpc) is 4.04. The van der Waals surface area contributed by atoms with Gasteiger partial charge in [0.1, 0.15) is 0 Å². The molecule has 7 aromatic carbocycles. The van der Waals surface area contributed by atoms with Crippen LogP contribution >= 0.6 is 0 Å². The van der Waals surface area contributed by atoms with Crippen molar-refractivity contribution in [1.82, 2.24) is 40.6 Å². The number of carbonyl (C=O) groups is 2. The van der Waals surface area contributed by atoms with Crippen LogP contribution in [0.4, 0.5) is 0 Å². The van der Waals surface area contributed by atoms with Gasteiger partial charge in [-0.25, -0.2) is 9.36 Å². The van der Waals surface area contributed by atoms with Crippen LogP contribution in [0.3, 0.4) is 0 Å². The molecule has 62 heavy (non-hydrogen) atoms. The molecule has 4 atom stereocenters. The number of hydrogen-bond donors (Lipinski definition) is 2. The first-order valence-corrected chi connectivity index (χ1v) is 20.5. The summed E-state index contributed by atoms with van der Waals surface area (Å²) < 4.78 is 3.48. The normalized spacial score (nSPS) is 13.0. The van der Waals surface area contributed by atoms with Crippen molar-refractivity contribution in [3.63, 3.8) is 0 Å². The Morgan fingerprint density at radius 1 is 0.387 bits per heavy atom. The molecule has 0 radical (unpaired) electrons. The van der Waals surface area contributed by atoms with Crippen LogP contribution in [0.25, 0.3) is 11.4 Å². The van der Waals surface area contributed by atoms with E-state index in [0.29, 0.717) is 22.5 Å². The van der Waals surface area contributed by atoms with Crippen molar-refractivity contribution >= 4 is 11.8 Å². The van der Waals surface area contributed by atoms with Crippen molar-refractivity contribution in [3.05, 3.63) is 263 Å². The van der Waals surface area contributed by atoms with E-state index in [4.69, 9.17) is 10.2 Å². The minimum Gasteiger partial charge on any atom is -0.344 e. The molecule has 0 fully saturated rings. The number of rotatable bonds is 14. The van der Waals surface area contributed by atoms with Crippen LogP contribution in [-0.4, -0.2) is 41.8 Å². The van der Waals surface area contributed by atoms with Gasteiger partial charge < -0.3 is 10.6 Å². The van der Waals surface area contributed by atoms with E-state index in [1.165, 1.54) is 0 Å². The summed E-state index contributed by atoms with van der Waals surface area (Å²) in [5, 5.41) is 25.4. The lowest BCUT2D eigenvalue weighted by Crippen LogP contribution is -2.33. The Kier molecular flexibility index (Phi) is 11.6. The zero-order chi connectivity index (χ0) is 42.1. The van der Waals surface area contributed by atoms with Crippen LogP contribution in [0.5, 0.6) is 0 Å². The molecule has 0 bridgehead atoms. The van der Waals surface area contributed by atoms with Crippen molar-refractivity contribution in [2.24, 2.45) is 0 Å². The lowest BCUT2D eigenvalue weighted by Gasteiger charge is -2.28. The van der Waals surface area contributed by atoms with Gasteiger partial charge in [-0.2, -0.15) is 0 Å². The Labute approximate surface area is 359 Å². The van der Waals surface area contributed by atoms with Gasteiger partial charge in [0.25, 0.3) is 11.8 Å². The summed E-state index contributed by atoms with van der Waals surface area (Å²) in [7, 11) is 0. The molecule has 0 aliphatic carbocycles. The van der Waals surface area contributed by atoms with Crippen LogP contribution in [0, 0.1) is 0 Å². The molecule has 9 rings (SSSR count). The van der Waals surface area contributed by atoms with Crippen LogP contribution in [0.2, 0.25) is 0 Å². The Morgan fingerprint density at radius 3 is 1.06 bits per heavy atom. The van der Waals surface area contributed by atoms with Crippen molar-refractivity contribution in [2.75, 3.05) is 0 Å². The largest absolute Gasteiger partial charge is 0.344 e. The summed E-state index contributed by atoms with van der Waals surface area (Å²) in [5.74, 6) is -1.13. The van der Waals surface area contributed by atoms with Gasteiger partial charge in [0.2, 0.25) is 0 Å². The van der Waals surface area contributed by atoms with Gasteiger partial charge in [-0.15, -0.1) is 10.2 Å². The zero-order valence-electron chi connectivity index (χ0n) is 33.6. The molecule has 2 aromatic heterocycles. The van der Waals surface area contributed by atoms with Gasteiger partial charge >= 0.3 is 0 Å². The molecule has 0 saturated carbocycles. The SMILES string of the molecule is O=C(N[C@H](c1ccccc1)[C@H](c1ccccc1)c1cn(-c2cccc(-n3cc([C@@H](c4ccccc4)[C@H](NC(=O)c4ccccc4)c4ccccc4)nn3)c2)nn1)c1ccccc1. The third kappa shape index (κ3) is 8.71. The molecular weight excluding hydrogens is 769 g/mol. The molecule has 0 aliphatic rings. The lowest BCUT2D eigenvalue weighted by atomic mass is 9.84. The predicted molar refractivity (Wildman–Crippen MR) is 239 cm³/mol. The van der Waals surface area contributed by atoms with Gasteiger partial charge in [-0.3, -0.25) is 9.59 Å². The molecule has 0 spiro atoms. The van der Waals surface area contributed by atoms with E-state index in [0.717, 1.165) is 33.6 Å². The number of aromatic nitrogens is 6. The van der Waals surface area contributed by atoms with Gasteiger partial charge in [0, 0.05) is 11.1 Å². The van der Waals surface area contributed by atoms with Crippen molar-refractivity contribution in [1.29, 1.82) is 0 Å². The quantitative estimate of drug-likeness (QED) is 0.113. The lowest BCUT2D eigenvalue weighted by molar-refractivity contribution is 0.0924. The molecule has 0 aliphatic heterocycles. The summed E-state index contributed by atoms with van der Waals surface area (Å²) in [5.41, 5.74) is 7.85. The summed E-state index contributed by atoms with van der Waals surface area (Å²) in [6.45, 7) is 0. The number of hydrogen-bond acceptors (Lipinski definition) is 6. The monoisotopic (exact) mass is 810 g/mol. The minimum absolute atomic E-state index is 0.184. The maximum Gasteiger partial charge on any atom is 0.251 e. The van der Waals surface area contributed by atoms with E-state index in [9.17, 15) is 9.59 Å². The second kappa shape index (κ2) is 18.4. The Hall–Kier alpha value is -8.24. The third-order valence-electron chi connectivity index (χ3n) is 11.0. The van der Waals surface area contributed by atoms with E-state index in [1.807, 2.05) is 194 Å². The van der Waals surface area contributed by atoms with E-state index in [1.54, 1.807) is 9.36 Å². The molecule has 302 valence electrons. The molecule has 0 unspecified atom stereocenters. The highest BCUT2D eigenvalue weighted by molar-refractivity contribution is 5.95. The second-order valence-corrected chi connectivity index (χ2v) is 14.9. The number of benzene rings is 7. The zero-order valence-corrected chi connectivity index (χ0v) is 33.6. The highest BCUT2D eigenvalue weighted by Crippen LogP contribution is 2.38. The topological polar surface area (TPSA) is 120 Å². The number of amides is 2. The van der Waals surface area contributed by atoms with E-state index in [-0.39, 0.29) is 23.7 Å². The summed E-state index contributed by atoms with van der Waals surface area (Å²) >= 11 is 0. The van der Waals surface area contributed by atoms with E-state index >= 15 is 0 Å². The van der Waals surface area contributed by atoms with Crippen LogP contribution in [0.1, 0.15) is 78.3 Å². The fourth-order valence-corrected chi connectivity index (χ4v) is 7.92. The molecule has 2 heterocycles. The molecule has 10 heteroatoms. The Balaban J connectivity index is 1.06. The minimum atomic E-state index is -0.467. The smallest absolute Gasteiger partial charge is 0.251 e. The van der Waals surface area contributed by atoms with Crippen molar-refractivity contribution in [2.45, 2.75) is 23.9 Å². The second-order valence-electron chi connectivity index (χ2n) is 14.9. The maximum atomic E-state index is 13.7. The van der Waals surface area contributed by atoms with Gasteiger partial charge in [0.15, 0.2) is 0 Å². The van der Waals surface area contributed by atoms with Gasteiger partial charge in [-0.1, -0.05) is 174 Å². The molecule has 0 saturated heterocycles. The number of nitrogens with one attached hydrogen (secondary N) is 2. The predicted octanol–water partition coefficient (Wildman–Crippen LogP) is 9.45. The number of nitrogens with zero attached hydrogens (tertiary/aromatic N) is 6. The molecule has 2 amide bonds. The summed E-state index contributed by atoms with van der Waals surface area (Å²) in [6.07, 6.45) is 3.83. The van der Waals surface area contributed by atoms with Gasteiger partial charge in [-0.05, 0) is 64.7 Å². The van der Waals surface area contributed by atoms with Crippen LogP contribution in [0.15, 0.2) is 219 Å². The summed E-state index contributed by atoms with van der Waals surface area (Å²) in [6, 6.07) is 65.4. The fraction of sp³-hybridized carbons (Fsp3) is 0.0769. The Bertz CT molecular complexity index is 2660. The fourth-order valence-electron chi connectivity index (χ4n) is 7.92. The highest BCUT2D eigenvalue weighted by atomic mass is 16.2. The van der Waals surface area contributed by atoms with E-state index < -0.39 is 12.1 Å². The molecule has 10 nitrogen and oxygen atoms in total. The van der Waals surface area contributed by atoms with Crippen molar-refractivity contribution in [3.8, 4) is 11.4 Å². The summed E-state index contributed by atoms with van der Waals surface area (Å²) in [4.78, 5) is 27.5.